The zero-order valence-electron chi connectivity index (χ0n) is 13.1. The molecular weight excluding hydrogens is 280 g/mol. The van der Waals surface area contributed by atoms with E-state index in [2.05, 4.69) is 5.32 Å². The van der Waals surface area contributed by atoms with Crippen LogP contribution in [0.3, 0.4) is 0 Å². The number of esters is 1. The lowest BCUT2D eigenvalue weighted by molar-refractivity contribution is -0.144. The minimum Gasteiger partial charge on any atom is -0.451 e. The highest BCUT2D eigenvalue weighted by Crippen LogP contribution is 2.09. The van der Waals surface area contributed by atoms with E-state index >= 15 is 0 Å². The van der Waals surface area contributed by atoms with E-state index in [4.69, 9.17) is 10.00 Å². The Balaban J connectivity index is 2.64. The molecule has 0 saturated carbocycles. The maximum atomic E-state index is 11.8. The van der Waals surface area contributed by atoms with E-state index in [0.29, 0.717) is 0 Å². The van der Waals surface area contributed by atoms with Crippen LogP contribution in [-0.2, 0) is 14.3 Å². The summed E-state index contributed by atoms with van der Waals surface area (Å²) < 4.78 is 4.86. The van der Waals surface area contributed by atoms with Gasteiger partial charge in [-0.15, -0.1) is 0 Å². The van der Waals surface area contributed by atoms with Gasteiger partial charge in [-0.25, -0.2) is 4.79 Å². The van der Waals surface area contributed by atoms with Crippen LogP contribution in [0.1, 0.15) is 31.4 Å². The number of hydrogen-bond acceptors (Lipinski definition) is 4. The van der Waals surface area contributed by atoms with Gasteiger partial charge in [0.2, 0.25) is 0 Å². The predicted molar refractivity (Wildman–Crippen MR) is 83.6 cm³/mol. The molecule has 0 aromatic heterocycles. The predicted octanol–water partition coefficient (Wildman–Crippen LogP) is 2.36. The summed E-state index contributed by atoms with van der Waals surface area (Å²) in [6.45, 7) is 5.35. The Kier molecular flexibility index (Phi) is 6.84. The Hall–Kier alpha value is -2.61. The van der Waals surface area contributed by atoms with Crippen LogP contribution >= 0.6 is 0 Å². The molecular formula is C17H20N2O3. The van der Waals surface area contributed by atoms with E-state index in [0.717, 1.165) is 17.5 Å². The topological polar surface area (TPSA) is 79.2 Å². The summed E-state index contributed by atoms with van der Waals surface area (Å²) in [6, 6.07) is 9.18. The van der Waals surface area contributed by atoms with Crippen molar-refractivity contribution >= 4 is 18.0 Å². The fourth-order valence-corrected chi connectivity index (χ4v) is 1.59. The van der Waals surface area contributed by atoms with Gasteiger partial charge in [-0.1, -0.05) is 36.8 Å². The second-order valence-electron chi connectivity index (χ2n) is 5.03. The lowest BCUT2D eigenvalue weighted by Gasteiger charge is -2.11. The molecule has 0 aliphatic rings. The number of hydrogen-bond donors (Lipinski definition) is 1. The highest BCUT2D eigenvalue weighted by molar-refractivity contribution is 5.98. The maximum absolute atomic E-state index is 11.8. The van der Waals surface area contributed by atoms with Crippen molar-refractivity contribution in [3.05, 3.63) is 41.0 Å². The lowest BCUT2D eigenvalue weighted by atomic mass is 10.1. The molecule has 0 radical (unpaired) electrons. The minimum absolute atomic E-state index is 0.0183. The Morgan fingerprint density at radius 2 is 2.00 bits per heavy atom. The van der Waals surface area contributed by atoms with Gasteiger partial charge in [0.1, 0.15) is 11.6 Å². The fraction of sp³-hybridized carbons (Fsp3) is 0.353. The van der Waals surface area contributed by atoms with Gasteiger partial charge < -0.3 is 10.1 Å². The first-order chi connectivity index (χ1) is 10.5. The molecule has 5 nitrogen and oxygen atoms in total. The summed E-state index contributed by atoms with van der Waals surface area (Å²) >= 11 is 0. The molecule has 1 aromatic carbocycles. The molecule has 22 heavy (non-hydrogen) atoms. The van der Waals surface area contributed by atoms with Gasteiger partial charge in [-0.3, -0.25) is 4.79 Å². The summed E-state index contributed by atoms with van der Waals surface area (Å²) in [4.78, 5) is 23.3. The van der Waals surface area contributed by atoms with Crippen molar-refractivity contribution in [1.82, 2.24) is 5.32 Å². The van der Waals surface area contributed by atoms with E-state index in [1.807, 2.05) is 32.9 Å². The molecule has 5 heteroatoms. The van der Waals surface area contributed by atoms with Crippen molar-refractivity contribution in [3.63, 3.8) is 0 Å². The van der Waals surface area contributed by atoms with Crippen molar-refractivity contribution in [2.24, 2.45) is 0 Å². The average molecular weight is 300 g/mol. The molecule has 1 aromatic rings. The monoisotopic (exact) mass is 300 g/mol. The molecule has 1 atom stereocenters. The van der Waals surface area contributed by atoms with Gasteiger partial charge in [-0.2, -0.15) is 5.26 Å². The zero-order valence-corrected chi connectivity index (χ0v) is 13.1. The normalized spacial score (nSPS) is 12.2. The van der Waals surface area contributed by atoms with E-state index in [9.17, 15) is 9.59 Å². The number of rotatable bonds is 6. The van der Waals surface area contributed by atoms with Crippen molar-refractivity contribution in [2.75, 3.05) is 6.61 Å². The van der Waals surface area contributed by atoms with Crippen LogP contribution < -0.4 is 5.32 Å². The van der Waals surface area contributed by atoms with E-state index in [-0.39, 0.29) is 17.5 Å². The molecule has 0 heterocycles. The first kappa shape index (κ1) is 17.4. The molecule has 0 fully saturated rings. The molecule has 0 saturated heterocycles. The van der Waals surface area contributed by atoms with E-state index < -0.39 is 12.6 Å². The van der Waals surface area contributed by atoms with Gasteiger partial charge >= 0.3 is 5.97 Å². The van der Waals surface area contributed by atoms with Crippen LogP contribution in [0.5, 0.6) is 0 Å². The van der Waals surface area contributed by atoms with Crippen LogP contribution in [0.2, 0.25) is 0 Å². The number of carbonyl (C=O) groups is 2. The number of aryl methyl sites for hydroxylation is 1. The third kappa shape index (κ3) is 5.80. The number of amides is 1. The summed E-state index contributed by atoms with van der Waals surface area (Å²) in [6.07, 6.45) is 2.23. The quantitative estimate of drug-likeness (QED) is 0.497. The van der Waals surface area contributed by atoms with Gasteiger partial charge in [0.25, 0.3) is 5.91 Å². The molecule has 1 rings (SSSR count). The average Bonchev–Trinajstić information content (AvgIpc) is 2.51. The van der Waals surface area contributed by atoms with Gasteiger partial charge in [0.05, 0.1) is 0 Å². The third-order valence-corrected chi connectivity index (χ3v) is 3.08. The lowest BCUT2D eigenvalue weighted by Crippen LogP contribution is -2.35. The second kappa shape index (κ2) is 8.63. The number of carbonyl (C=O) groups excluding carboxylic acids is 2. The summed E-state index contributed by atoms with van der Waals surface area (Å²) in [7, 11) is 0. The largest absolute Gasteiger partial charge is 0.451 e. The first-order valence-corrected chi connectivity index (χ1v) is 7.11. The number of nitriles is 1. The first-order valence-electron chi connectivity index (χ1n) is 7.11. The highest BCUT2D eigenvalue weighted by Gasteiger charge is 2.13. The number of nitrogens with one attached hydrogen (secondary N) is 1. The van der Waals surface area contributed by atoms with Crippen LogP contribution in [0.25, 0.3) is 6.08 Å². The Labute approximate surface area is 130 Å². The van der Waals surface area contributed by atoms with Crippen molar-refractivity contribution in [1.29, 1.82) is 5.26 Å². The van der Waals surface area contributed by atoms with Crippen LogP contribution in [-0.4, -0.2) is 24.5 Å². The van der Waals surface area contributed by atoms with Crippen LogP contribution in [0.4, 0.5) is 0 Å². The number of benzene rings is 1. The van der Waals surface area contributed by atoms with Crippen LogP contribution in [0, 0.1) is 18.3 Å². The summed E-state index contributed by atoms with van der Waals surface area (Å²) in [5.41, 5.74) is 1.67. The SMILES string of the molecule is CC[C@H](C)NC(=O)COC(=O)/C(C#N)=C/c1ccc(C)cc1. The molecule has 0 spiro atoms. The molecule has 1 N–H and O–H groups in total. The van der Waals surface area contributed by atoms with Gasteiger partial charge in [-0.05, 0) is 31.9 Å². The molecule has 1 amide bonds. The maximum Gasteiger partial charge on any atom is 0.349 e. The molecule has 0 aliphatic heterocycles. The van der Waals surface area contributed by atoms with Crippen molar-refractivity contribution in [3.8, 4) is 6.07 Å². The number of nitrogens with zero attached hydrogens (tertiary/aromatic N) is 1. The van der Waals surface area contributed by atoms with Gasteiger partial charge in [0.15, 0.2) is 6.61 Å². The Bertz CT molecular complexity index is 597. The Morgan fingerprint density at radius 1 is 1.36 bits per heavy atom. The van der Waals surface area contributed by atoms with Crippen molar-refractivity contribution < 1.29 is 14.3 Å². The standard InChI is InChI=1S/C17H20N2O3/c1-4-13(3)19-16(20)11-22-17(21)15(10-18)9-14-7-5-12(2)6-8-14/h5-9,13H,4,11H2,1-3H3,(H,19,20)/b15-9+/t13-/m0/s1. The Morgan fingerprint density at radius 3 is 2.55 bits per heavy atom. The van der Waals surface area contributed by atoms with Crippen LogP contribution in [0.15, 0.2) is 29.8 Å². The highest BCUT2D eigenvalue weighted by atomic mass is 16.5. The third-order valence-electron chi connectivity index (χ3n) is 3.08. The summed E-state index contributed by atoms with van der Waals surface area (Å²) in [5, 5.41) is 11.7. The van der Waals surface area contributed by atoms with E-state index in [1.165, 1.54) is 6.08 Å². The molecule has 0 bridgehead atoms. The second-order valence-corrected chi connectivity index (χ2v) is 5.03. The molecule has 0 aliphatic carbocycles. The van der Waals surface area contributed by atoms with Gasteiger partial charge in [0, 0.05) is 6.04 Å². The summed E-state index contributed by atoms with van der Waals surface area (Å²) in [5.74, 6) is -1.18. The minimum atomic E-state index is -0.803. The zero-order chi connectivity index (χ0) is 16.5. The molecule has 116 valence electrons. The molecule has 0 unspecified atom stereocenters. The smallest absolute Gasteiger partial charge is 0.349 e. The van der Waals surface area contributed by atoms with Crippen molar-refractivity contribution in [2.45, 2.75) is 33.2 Å². The van der Waals surface area contributed by atoms with E-state index in [1.54, 1.807) is 18.2 Å². The fourth-order valence-electron chi connectivity index (χ4n) is 1.59. The number of ether oxygens (including phenoxy) is 1.